The molecule has 1 aromatic heterocycles. The second-order valence-corrected chi connectivity index (χ2v) is 7.88. The third kappa shape index (κ3) is 4.51. The standard InChI is InChI=1S/C23H21ClN4O3/c1-15-14-16-4-2-3-5-20(16)28(15)23(31)19-10-11-22(30)27(26-19)13-12-21(29)25-18-8-6-17(24)7-9-18/h2-11,15H,12-14H2,1H3,(H,25,29)/t15-/m0/s1. The molecule has 0 bridgehead atoms. The molecular formula is C23H21ClN4O3. The van der Waals surface area contributed by atoms with Crippen molar-refractivity contribution in [1.82, 2.24) is 9.78 Å². The van der Waals surface area contributed by atoms with Crippen LogP contribution in [0.4, 0.5) is 11.4 Å². The summed E-state index contributed by atoms with van der Waals surface area (Å²) in [7, 11) is 0. The minimum Gasteiger partial charge on any atom is -0.326 e. The van der Waals surface area contributed by atoms with Gasteiger partial charge < -0.3 is 10.2 Å². The van der Waals surface area contributed by atoms with Crippen molar-refractivity contribution in [2.75, 3.05) is 10.2 Å². The van der Waals surface area contributed by atoms with E-state index in [-0.39, 0.29) is 42.1 Å². The van der Waals surface area contributed by atoms with Gasteiger partial charge in [0, 0.05) is 34.9 Å². The first-order valence-corrected chi connectivity index (χ1v) is 10.4. The van der Waals surface area contributed by atoms with E-state index >= 15 is 0 Å². The van der Waals surface area contributed by atoms with E-state index in [1.54, 1.807) is 29.2 Å². The summed E-state index contributed by atoms with van der Waals surface area (Å²) in [5.41, 5.74) is 2.38. The zero-order chi connectivity index (χ0) is 22.0. The molecule has 1 aliphatic rings. The highest BCUT2D eigenvalue weighted by Gasteiger charge is 2.32. The molecule has 0 fully saturated rings. The summed E-state index contributed by atoms with van der Waals surface area (Å²) in [6, 6.07) is 17.2. The van der Waals surface area contributed by atoms with Crippen molar-refractivity contribution >= 4 is 34.8 Å². The molecule has 158 valence electrons. The number of hydrogen-bond donors (Lipinski definition) is 1. The first-order valence-electron chi connectivity index (χ1n) is 9.97. The number of aryl methyl sites for hydroxylation is 1. The molecule has 0 aliphatic carbocycles. The fourth-order valence-corrected chi connectivity index (χ4v) is 3.81. The average molecular weight is 437 g/mol. The molecule has 1 N–H and O–H groups in total. The van der Waals surface area contributed by atoms with Crippen LogP contribution in [0.5, 0.6) is 0 Å². The second-order valence-electron chi connectivity index (χ2n) is 7.44. The van der Waals surface area contributed by atoms with Crippen LogP contribution in [0, 0.1) is 0 Å². The first kappa shape index (κ1) is 20.8. The van der Waals surface area contributed by atoms with E-state index in [9.17, 15) is 14.4 Å². The number of aromatic nitrogens is 2. The van der Waals surface area contributed by atoms with Gasteiger partial charge in [-0.1, -0.05) is 29.8 Å². The molecule has 1 atom stereocenters. The summed E-state index contributed by atoms with van der Waals surface area (Å²) < 4.78 is 1.15. The fourth-order valence-electron chi connectivity index (χ4n) is 3.69. The number of anilines is 2. The van der Waals surface area contributed by atoms with Crippen molar-refractivity contribution < 1.29 is 9.59 Å². The fraction of sp³-hybridized carbons (Fsp3) is 0.217. The zero-order valence-electron chi connectivity index (χ0n) is 16.9. The number of carbonyl (C=O) groups is 2. The quantitative estimate of drug-likeness (QED) is 0.663. The predicted molar refractivity (Wildman–Crippen MR) is 120 cm³/mol. The van der Waals surface area contributed by atoms with E-state index in [0.29, 0.717) is 10.7 Å². The molecule has 3 aromatic rings. The van der Waals surface area contributed by atoms with Gasteiger partial charge in [0.1, 0.15) is 5.69 Å². The summed E-state index contributed by atoms with van der Waals surface area (Å²) in [4.78, 5) is 39.3. The van der Waals surface area contributed by atoms with Crippen molar-refractivity contribution in [2.45, 2.75) is 32.4 Å². The van der Waals surface area contributed by atoms with Crippen LogP contribution in [0.25, 0.3) is 0 Å². The van der Waals surface area contributed by atoms with Crippen LogP contribution >= 0.6 is 11.6 Å². The van der Waals surface area contributed by atoms with Crippen LogP contribution in [0.15, 0.2) is 65.5 Å². The van der Waals surface area contributed by atoms with Crippen molar-refractivity contribution in [2.24, 2.45) is 0 Å². The topological polar surface area (TPSA) is 84.3 Å². The van der Waals surface area contributed by atoms with Gasteiger partial charge in [-0.05, 0) is 55.3 Å². The SMILES string of the molecule is C[C@H]1Cc2ccccc2N1C(=O)c1ccc(=O)n(CCC(=O)Nc2ccc(Cl)cc2)n1. The number of halogens is 1. The van der Waals surface area contributed by atoms with E-state index in [2.05, 4.69) is 10.4 Å². The lowest BCUT2D eigenvalue weighted by molar-refractivity contribution is -0.116. The van der Waals surface area contributed by atoms with Crippen LogP contribution in [-0.4, -0.2) is 27.6 Å². The number of hydrogen-bond acceptors (Lipinski definition) is 4. The molecule has 0 radical (unpaired) electrons. The van der Waals surface area contributed by atoms with Crippen LogP contribution < -0.4 is 15.8 Å². The van der Waals surface area contributed by atoms with Gasteiger partial charge in [0.05, 0.1) is 6.54 Å². The van der Waals surface area contributed by atoms with Gasteiger partial charge in [0.2, 0.25) is 5.91 Å². The van der Waals surface area contributed by atoms with E-state index in [4.69, 9.17) is 11.6 Å². The van der Waals surface area contributed by atoms with Crippen LogP contribution in [0.1, 0.15) is 29.4 Å². The number of rotatable bonds is 5. The van der Waals surface area contributed by atoms with Crippen LogP contribution in [-0.2, 0) is 17.8 Å². The number of fused-ring (bicyclic) bond motifs is 1. The van der Waals surface area contributed by atoms with E-state index in [1.807, 2.05) is 31.2 Å². The summed E-state index contributed by atoms with van der Waals surface area (Å²) in [6.07, 6.45) is 0.808. The molecule has 0 spiro atoms. The highest BCUT2D eigenvalue weighted by molar-refractivity contribution is 6.30. The minimum absolute atomic E-state index is 0.00256. The van der Waals surface area contributed by atoms with Gasteiger partial charge in [-0.2, -0.15) is 5.10 Å². The molecular weight excluding hydrogens is 416 g/mol. The molecule has 0 saturated heterocycles. The molecule has 7 nitrogen and oxygen atoms in total. The van der Waals surface area contributed by atoms with Gasteiger partial charge in [-0.25, -0.2) is 4.68 Å². The smallest absolute Gasteiger partial charge is 0.278 e. The molecule has 0 unspecified atom stereocenters. The molecule has 8 heteroatoms. The molecule has 31 heavy (non-hydrogen) atoms. The minimum atomic E-state index is -0.370. The van der Waals surface area contributed by atoms with Gasteiger partial charge in [-0.15, -0.1) is 0 Å². The van der Waals surface area contributed by atoms with E-state index in [0.717, 1.165) is 22.4 Å². The van der Waals surface area contributed by atoms with Crippen molar-refractivity contribution in [3.8, 4) is 0 Å². The lowest BCUT2D eigenvalue weighted by Crippen LogP contribution is -2.37. The van der Waals surface area contributed by atoms with Gasteiger partial charge in [0.15, 0.2) is 0 Å². The monoisotopic (exact) mass is 436 g/mol. The average Bonchev–Trinajstić information content (AvgIpc) is 3.10. The van der Waals surface area contributed by atoms with Gasteiger partial charge in [0.25, 0.3) is 11.5 Å². The number of nitrogens with one attached hydrogen (secondary N) is 1. The van der Waals surface area contributed by atoms with Gasteiger partial charge in [-0.3, -0.25) is 14.4 Å². The maximum Gasteiger partial charge on any atom is 0.278 e. The number of benzene rings is 2. The maximum absolute atomic E-state index is 13.1. The molecule has 0 saturated carbocycles. The molecule has 4 rings (SSSR count). The van der Waals surface area contributed by atoms with Gasteiger partial charge >= 0.3 is 0 Å². The Hall–Kier alpha value is -3.45. The summed E-state index contributed by atoms with van der Waals surface area (Å²) in [5.74, 6) is -0.535. The third-order valence-corrected chi connectivity index (χ3v) is 5.44. The number of carbonyl (C=O) groups excluding carboxylic acids is 2. The number of nitrogens with zero attached hydrogens (tertiary/aromatic N) is 3. The maximum atomic E-state index is 13.1. The lowest BCUT2D eigenvalue weighted by Gasteiger charge is -2.22. The molecule has 2 heterocycles. The van der Waals surface area contributed by atoms with Crippen LogP contribution in [0.3, 0.4) is 0 Å². The first-order chi connectivity index (χ1) is 14.9. The Kier molecular flexibility index (Phi) is 5.86. The Morgan fingerprint density at radius 1 is 1.10 bits per heavy atom. The van der Waals surface area contributed by atoms with E-state index < -0.39 is 0 Å². The van der Waals surface area contributed by atoms with Crippen LogP contribution in [0.2, 0.25) is 5.02 Å². The Bertz CT molecular complexity index is 1190. The normalized spacial score (nSPS) is 14.9. The number of amides is 2. The Balaban J connectivity index is 1.47. The van der Waals surface area contributed by atoms with Crippen molar-refractivity contribution in [1.29, 1.82) is 0 Å². The summed E-state index contributed by atoms with van der Waals surface area (Å²) in [6.45, 7) is 2.04. The highest BCUT2D eigenvalue weighted by atomic mass is 35.5. The lowest BCUT2D eigenvalue weighted by atomic mass is 10.1. The summed E-state index contributed by atoms with van der Waals surface area (Å²) in [5, 5.41) is 7.55. The second kappa shape index (κ2) is 8.73. The highest BCUT2D eigenvalue weighted by Crippen LogP contribution is 2.32. The zero-order valence-corrected chi connectivity index (χ0v) is 17.7. The molecule has 1 aliphatic heterocycles. The predicted octanol–water partition coefficient (Wildman–Crippen LogP) is 3.52. The van der Waals surface area contributed by atoms with E-state index in [1.165, 1.54) is 12.1 Å². The molecule has 2 aromatic carbocycles. The molecule has 2 amide bonds. The van der Waals surface area contributed by atoms with Crippen molar-refractivity contribution in [3.63, 3.8) is 0 Å². The largest absolute Gasteiger partial charge is 0.326 e. The Morgan fingerprint density at radius 2 is 1.84 bits per heavy atom. The Labute approximate surface area is 184 Å². The third-order valence-electron chi connectivity index (χ3n) is 5.19. The number of para-hydroxylation sites is 1. The Morgan fingerprint density at radius 3 is 2.61 bits per heavy atom. The van der Waals surface area contributed by atoms with Crippen molar-refractivity contribution in [3.05, 3.63) is 87.3 Å². The summed E-state index contributed by atoms with van der Waals surface area (Å²) >= 11 is 5.84.